The van der Waals surface area contributed by atoms with Crippen molar-refractivity contribution in [1.29, 1.82) is 0 Å². The molecule has 3 heterocycles. The molecule has 2 unspecified atom stereocenters. The van der Waals surface area contributed by atoms with Crippen LogP contribution in [0.25, 0.3) is 5.57 Å². The molecule has 24 heavy (non-hydrogen) atoms. The molecule has 1 saturated heterocycles. The van der Waals surface area contributed by atoms with Crippen molar-refractivity contribution in [2.45, 2.75) is 31.7 Å². The number of nitrogens with one attached hydrogen (secondary N) is 2. The van der Waals surface area contributed by atoms with E-state index in [0.29, 0.717) is 11.5 Å². The van der Waals surface area contributed by atoms with Crippen LogP contribution in [0.3, 0.4) is 0 Å². The largest absolute Gasteiger partial charge is 0.446 e. The number of fused-ring (bicyclic) bond motifs is 3. The molecule has 2 aromatic rings. The van der Waals surface area contributed by atoms with E-state index in [1.165, 1.54) is 11.1 Å². The van der Waals surface area contributed by atoms with E-state index in [4.69, 9.17) is 9.47 Å². The van der Waals surface area contributed by atoms with Crippen molar-refractivity contribution in [2.24, 2.45) is 5.92 Å². The highest BCUT2D eigenvalue weighted by atomic mass is 16.8. The summed E-state index contributed by atoms with van der Waals surface area (Å²) in [4.78, 5) is 28.8. The fourth-order valence-corrected chi connectivity index (χ4v) is 3.84. The number of hydrogen-bond donors (Lipinski definition) is 2. The molecule has 0 bridgehead atoms. The molecule has 5 rings (SSSR count). The third kappa shape index (κ3) is 2.22. The Labute approximate surface area is 137 Å². The lowest BCUT2D eigenvalue weighted by Gasteiger charge is -2.14. The summed E-state index contributed by atoms with van der Waals surface area (Å²) in [6.45, 7) is 0. The first-order valence-electron chi connectivity index (χ1n) is 8.14. The van der Waals surface area contributed by atoms with Gasteiger partial charge in [0, 0.05) is 0 Å². The van der Waals surface area contributed by atoms with Gasteiger partial charge in [0.15, 0.2) is 0 Å². The molecule has 6 nitrogen and oxygen atoms in total. The van der Waals surface area contributed by atoms with Gasteiger partial charge in [-0.3, -0.25) is 14.8 Å². The number of hydrogen-bond acceptors (Lipinski definition) is 4. The fraction of sp³-hybridized carbons (Fsp3) is 0.333. The van der Waals surface area contributed by atoms with Crippen LogP contribution in [0.2, 0.25) is 0 Å². The molecular formula is C18H16N2O4. The predicted octanol–water partition coefficient (Wildman–Crippen LogP) is 1.37. The van der Waals surface area contributed by atoms with Crippen LogP contribution in [0.15, 0.2) is 39.9 Å². The van der Waals surface area contributed by atoms with Crippen LogP contribution in [-0.2, 0) is 17.6 Å². The summed E-state index contributed by atoms with van der Waals surface area (Å²) >= 11 is 0. The molecule has 2 aliphatic heterocycles. The van der Waals surface area contributed by atoms with Crippen molar-refractivity contribution in [1.82, 2.24) is 9.97 Å². The minimum absolute atomic E-state index is 0.140. The number of allylic oxidation sites excluding steroid dienone is 1. The molecule has 0 amide bonds. The Hall–Kier alpha value is -2.60. The van der Waals surface area contributed by atoms with Crippen LogP contribution in [0.1, 0.15) is 23.1 Å². The third-order valence-electron chi connectivity index (χ3n) is 4.96. The Bertz CT molecular complexity index is 946. The molecule has 2 atom stereocenters. The SMILES string of the molecule is O=c1[nH]c2c(c(=O)[nH]1)C(CC1Cc3ccccc3C1)=CC1OC1O2. The monoisotopic (exact) mass is 324 g/mol. The molecular weight excluding hydrogens is 308 g/mol. The van der Waals surface area contributed by atoms with E-state index in [1.54, 1.807) is 0 Å². The summed E-state index contributed by atoms with van der Waals surface area (Å²) in [6.07, 6.45) is 4.18. The van der Waals surface area contributed by atoms with E-state index in [2.05, 4.69) is 34.2 Å². The van der Waals surface area contributed by atoms with Crippen LogP contribution in [0.4, 0.5) is 0 Å². The summed E-state index contributed by atoms with van der Waals surface area (Å²) in [5.41, 5.74) is 3.11. The number of epoxide rings is 1. The second-order valence-electron chi connectivity index (χ2n) is 6.64. The maximum absolute atomic E-state index is 12.3. The highest BCUT2D eigenvalue weighted by Crippen LogP contribution is 2.40. The van der Waals surface area contributed by atoms with Crippen LogP contribution in [-0.4, -0.2) is 22.4 Å². The average molecular weight is 324 g/mol. The maximum atomic E-state index is 12.3. The molecule has 122 valence electrons. The van der Waals surface area contributed by atoms with Gasteiger partial charge in [-0.2, -0.15) is 0 Å². The summed E-state index contributed by atoms with van der Waals surface area (Å²) in [5, 5.41) is 0. The Morgan fingerprint density at radius 3 is 2.58 bits per heavy atom. The van der Waals surface area contributed by atoms with Gasteiger partial charge in [0.2, 0.25) is 12.2 Å². The smallest absolute Gasteiger partial charge is 0.328 e. The molecule has 1 fully saturated rings. The van der Waals surface area contributed by atoms with Gasteiger partial charge in [0.25, 0.3) is 5.56 Å². The van der Waals surface area contributed by atoms with Gasteiger partial charge in [-0.05, 0) is 48.0 Å². The standard InChI is InChI=1S/C18H16N2O4/c21-15-14-12(7-9-5-10-3-1-2-4-11(10)6-9)8-13-17(23-13)24-16(14)20-18(22)19-15/h1-4,8-9,13,17H,5-7H2,(H2,19,20,21,22). The van der Waals surface area contributed by atoms with Crippen molar-refractivity contribution in [3.05, 3.63) is 67.9 Å². The van der Waals surface area contributed by atoms with Gasteiger partial charge in [0.1, 0.15) is 11.7 Å². The van der Waals surface area contributed by atoms with E-state index in [0.717, 1.165) is 24.8 Å². The summed E-state index contributed by atoms with van der Waals surface area (Å²) in [6, 6.07) is 8.46. The lowest BCUT2D eigenvalue weighted by Crippen LogP contribution is -2.26. The van der Waals surface area contributed by atoms with Gasteiger partial charge in [-0.25, -0.2) is 4.79 Å². The molecule has 0 radical (unpaired) electrons. The molecule has 1 aliphatic carbocycles. The quantitative estimate of drug-likeness (QED) is 0.817. The first-order chi connectivity index (χ1) is 11.7. The predicted molar refractivity (Wildman–Crippen MR) is 86.9 cm³/mol. The van der Waals surface area contributed by atoms with Gasteiger partial charge < -0.3 is 9.47 Å². The lowest BCUT2D eigenvalue weighted by molar-refractivity contribution is 0.170. The second-order valence-corrected chi connectivity index (χ2v) is 6.64. The minimum atomic E-state index is -0.564. The first kappa shape index (κ1) is 13.8. The topological polar surface area (TPSA) is 87.5 Å². The fourth-order valence-electron chi connectivity index (χ4n) is 3.84. The number of aromatic amines is 2. The van der Waals surface area contributed by atoms with Gasteiger partial charge in [0.05, 0.1) is 0 Å². The molecule has 1 aromatic heterocycles. The van der Waals surface area contributed by atoms with Crippen molar-refractivity contribution < 1.29 is 9.47 Å². The summed E-state index contributed by atoms with van der Waals surface area (Å²) in [5.74, 6) is 0.652. The van der Waals surface area contributed by atoms with Gasteiger partial charge in [-0.15, -0.1) is 0 Å². The maximum Gasteiger partial charge on any atom is 0.328 e. The number of H-pyrrole nitrogens is 2. The Morgan fingerprint density at radius 1 is 1.08 bits per heavy atom. The summed E-state index contributed by atoms with van der Waals surface area (Å²) < 4.78 is 11.0. The zero-order valence-corrected chi connectivity index (χ0v) is 12.9. The van der Waals surface area contributed by atoms with Crippen molar-refractivity contribution in [2.75, 3.05) is 0 Å². The van der Waals surface area contributed by atoms with Gasteiger partial charge >= 0.3 is 5.69 Å². The Morgan fingerprint density at radius 2 is 1.83 bits per heavy atom. The van der Waals surface area contributed by atoms with Crippen LogP contribution in [0, 0.1) is 5.92 Å². The van der Waals surface area contributed by atoms with E-state index in [1.807, 2.05) is 6.08 Å². The van der Waals surface area contributed by atoms with E-state index >= 15 is 0 Å². The zero-order chi connectivity index (χ0) is 16.3. The minimum Gasteiger partial charge on any atom is -0.446 e. The number of benzene rings is 1. The van der Waals surface area contributed by atoms with Crippen molar-refractivity contribution >= 4 is 5.57 Å². The van der Waals surface area contributed by atoms with Crippen molar-refractivity contribution in [3.63, 3.8) is 0 Å². The normalized spacial score (nSPS) is 24.2. The average Bonchev–Trinajstić information content (AvgIpc) is 3.14. The number of ether oxygens (including phenoxy) is 2. The highest BCUT2D eigenvalue weighted by Gasteiger charge is 2.44. The van der Waals surface area contributed by atoms with Crippen LogP contribution < -0.4 is 16.0 Å². The third-order valence-corrected chi connectivity index (χ3v) is 4.96. The van der Waals surface area contributed by atoms with Crippen LogP contribution >= 0.6 is 0 Å². The zero-order valence-electron chi connectivity index (χ0n) is 12.9. The molecule has 0 saturated carbocycles. The summed E-state index contributed by atoms with van der Waals surface area (Å²) in [7, 11) is 0. The molecule has 0 spiro atoms. The second kappa shape index (κ2) is 4.95. The lowest BCUT2D eigenvalue weighted by atomic mass is 9.92. The van der Waals surface area contributed by atoms with E-state index < -0.39 is 17.5 Å². The molecule has 3 aliphatic rings. The first-order valence-corrected chi connectivity index (χ1v) is 8.14. The van der Waals surface area contributed by atoms with Crippen molar-refractivity contribution in [3.8, 4) is 5.88 Å². The van der Waals surface area contributed by atoms with E-state index in [-0.39, 0.29) is 12.0 Å². The highest BCUT2D eigenvalue weighted by molar-refractivity contribution is 5.70. The molecule has 6 heteroatoms. The number of aromatic nitrogens is 2. The Balaban J connectivity index is 1.51. The van der Waals surface area contributed by atoms with E-state index in [9.17, 15) is 9.59 Å². The van der Waals surface area contributed by atoms with Crippen LogP contribution in [0.5, 0.6) is 5.88 Å². The van der Waals surface area contributed by atoms with Gasteiger partial charge in [-0.1, -0.05) is 24.3 Å². The molecule has 1 aromatic carbocycles. The Kier molecular flexibility index (Phi) is 2.84. The number of rotatable bonds is 2. The molecule has 2 N–H and O–H groups in total.